The van der Waals surface area contributed by atoms with Crippen molar-refractivity contribution in [1.82, 2.24) is 0 Å². The first-order chi connectivity index (χ1) is 5.50. The van der Waals surface area contributed by atoms with Crippen molar-refractivity contribution >= 4 is 6.29 Å². The normalized spacial score (nSPS) is 33.2. The van der Waals surface area contributed by atoms with Crippen molar-refractivity contribution in [3.8, 4) is 0 Å². The summed E-state index contributed by atoms with van der Waals surface area (Å²) in [6.07, 6.45) is 3.28. The molecule has 1 saturated carbocycles. The Morgan fingerprint density at radius 1 is 1.50 bits per heavy atom. The Hall–Kier alpha value is -0.590. The average Bonchev–Trinajstić information content (AvgIpc) is 2.27. The zero-order valence-electron chi connectivity index (χ0n) is 8.26. The molecule has 0 aromatic carbocycles. The smallest absolute Gasteiger partial charge is 0.145 e. The van der Waals surface area contributed by atoms with Gasteiger partial charge in [0.15, 0.2) is 0 Å². The minimum Gasteiger partial charge on any atom is -0.298 e. The highest BCUT2D eigenvalue weighted by Crippen LogP contribution is 2.49. The van der Waals surface area contributed by atoms with E-state index in [9.17, 15) is 4.79 Å². The molecule has 0 heterocycles. The Balaban J connectivity index is 2.81. The fraction of sp³-hybridized carbons (Fsp3) is 0.727. The van der Waals surface area contributed by atoms with E-state index in [4.69, 9.17) is 0 Å². The molecule has 0 saturated heterocycles. The molecule has 0 spiro atoms. The van der Waals surface area contributed by atoms with Crippen LogP contribution in [0, 0.1) is 17.3 Å². The fourth-order valence-corrected chi connectivity index (χ4v) is 2.25. The molecule has 0 N–H and O–H groups in total. The van der Waals surface area contributed by atoms with Crippen LogP contribution in [0.25, 0.3) is 0 Å². The van der Waals surface area contributed by atoms with E-state index in [2.05, 4.69) is 27.4 Å². The maximum absolute atomic E-state index is 10.6. The molecule has 1 fully saturated rings. The fourth-order valence-electron chi connectivity index (χ4n) is 2.25. The summed E-state index contributed by atoms with van der Waals surface area (Å²) < 4.78 is 0. The number of rotatable bonds is 2. The highest BCUT2D eigenvalue weighted by atomic mass is 16.1. The van der Waals surface area contributed by atoms with Gasteiger partial charge in [-0.2, -0.15) is 0 Å². The van der Waals surface area contributed by atoms with Crippen LogP contribution in [0.1, 0.15) is 33.6 Å². The van der Waals surface area contributed by atoms with Crippen LogP contribution in [-0.2, 0) is 4.79 Å². The molecule has 1 rings (SSSR count). The molecule has 12 heavy (non-hydrogen) atoms. The lowest BCUT2D eigenvalue weighted by Crippen LogP contribution is -2.24. The van der Waals surface area contributed by atoms with Crippen LogP contribution in [0.15, 0.2) is 12.2 Å². The molecular formula is C11H18O. The van der Waals surface area contributed by atoms with E-state index < -0.39 is 0 Å². The quantitative estimate of drug-likeness (QED) is 0.455. The van der Waals surface area contributed by atoms with Gasteiger partial charge in [0.2, 0.25) is 0 Å². The van der Waals surface area contributed by atoms with E-state index in [1.807, 2.05) is 0 Å². The summed E-state index contributed by atoms with van der Waals surface area (Å²) in [4.78, 5) is 10.6. The summed E-state index contributed by atoms with van der Waals surface area (Å²) in [5, 5.41) is 0. The molecule has 0 radical (unpaired) electrons. The first-order valence-electron chi connectivity index (χ1n) is 4.64. The van der Waals surface area contributed by atoms with Gasteiger partial charge in [-0.15, -0.1) is 0 Å². The van der Waals surface area contributed by atoms with Crippen molar-refractivity contribution in [2.45, 2.75) is 33.6 Å². The van der Waals surface area contributed by atoms with Gasteiger partial charge in [0, 0.05) is 0 Å². The van der Waals surface area contributed by atoms with Crippen molar-refractivity contribution in [3.63, 3.8) is 0 Å². The first-order valence-corrected chi connectivity index (χ1v) is 4.64. The van der Waals surface area contributed by atoms with Crippen molar-refractivity contribution < 1.29 is 4.79 Å². The molecule has 1 aliphatic rings. The largest absolute Gasteiger partial charge is 0.298 e. The number of aldehydes is 1. The Labute approximate surface area is 74.9 Å². The maximum Gasteiger partial charge on any atom is 0.145 e. The molecule has 1 heteroatoms. The second-order valence-electron chi connectivity index (χ2n) is 4.55. The van der Waals surface area contributed by atoms with Crippen LogP contribution >= 0.6 is 0 Å². The minimum atomic E-state index is 0.262. The lowest BCUT2D eigenvalue weighted by Gasteiger charge is -2.30. The van der Waals surface area contributed by atoms with Crippen molar-refractivity contribution in [1.29, 1.82) is 0 Å². The van der Waals surface area contributed by atoms with Crippen LogP contribution in [0.5, 0.6) is 0 Å². The Kier molecular flexibility index (Phi) is 2.41. The summed E-state index contributed by atoms with van der Waals surface area (Å²) in [5.41, 5.74) is 1.04. The van der Waals surface area contributed by atoms with Crippen LogP contribution < -0.4 is 0 Å². The highest BCUT2D eigenvalue weighted by Gasteiger charge is 2.41. The third-order valence-corrected chi connectivity index (χ3v) is 3.66. The molecule has 68 valence electrons. The van der Waals surface area contributed by atoms with Gasteiger partial charge in [0.05, 0.1) is 0 Å². The number of allylic oxidation sites excluding steroid dienone is 1. The zero-order chi connectivity index (χ0) is 9.35. The molecule has 0 aromatic heterocycles. The van der Waals surface area contributed by atoms with Crippen molar-refractivity contribution in [2.24, 2.45) is 17.3 Å². The lowest BCUT2D eigenvalue weighted by molar-refractivity contribution is -0.105. The second-order valence-corrected chi connectivity index (χ2v) is 4.55. The van der Waals surface area contributed by atoms with Gasteiger partial charge in [0.25, 0.3) is 0 Å². The minimum absolute atomic E-state index is 0.262. The average molecular weight is 166 g/mol. The van der Waals surface area contributed by atoms with E-state index in [1.165, 1.54) is 6.42 Å². The maximum atomic E-state index is 10.6. The van der Waals surface area contributed by atoms with Crippen LogP contribution in [0.2, 0.25) is 0 Å². The second kappa shape index (κ2) is 3.04. The molecular weight excluding hydrogens is 148 g/mol. The van der Waals surface area contributed by atoms with Gasteiger partial charge < -0.3 is 0 Å². The first kappa shape index (κ1) is 9.50. The van der Waals surface area contributed by atoms with Crippen LogP contribution in [-0.4, -0.2) is 6.29 Å². The summed E-state index contributed by atoms with van der Waals surface area (Å²) >= 11 is 0. The molecule has 0 amide bonds. The number of carbonyl (C=O) groups excluding carboxylic acids is 1. The molecule has 2 unspecified atom stereocenters. The molecule has 1 nitrogen and oxygen atoms in total. The van der Waals surface area contributed by atoms with Crippen molar-refractivity contribution in [2.75, 3.05) is 0 Å². The van der Waals surface area contributed by atoms with Gasteiger partial charge in [-0.05, 0) is 35.7 Å². The van der Waals surface area contributed by atoms with E-state index in [0.29, 0.717) is 11.8 Å². The SMILES string of the molecule is C=C(C=O)C1CCC(C)C1(C)C. The van der Waals surface area contributed by atoms with E-state index in [-0.39, 0.29) is 5.41 Å². The van der Waals surface area contributed by atoms with Crippen LogP contribution in [0.3, 0.4) is 0 Å². The van der Waals surface area contributed by atoms with Gasteiger partial charge >= 0.3 is 0 Å². The van der Waals surface area contributed by atoms with Gasteiger partial charge in [-0.1, -0.05) is 27.4 Å². The van der Waals surface area contributed by atoms with Gasteiger partial charge in [-0.3, -0.25) is 4.79 Å². The van der Waals surface area contributed by atoms with E-state index in [0.717, 1.165) is 18.3 Å². The number of hydrogen-bond acceptors (Lipinski definition) is 1. The zero-order valence-corrected chi connectivity index (χ0v) is 8.26. The number of carbonyl (C=O) groups is 1. The summed E-state index contributed by atoms with van der Waals surface area (Å²) in [6, 6.07) is 0. The third kappa shape index (κ3) is 1.33. The predicted octanol–water partition coefficient (Wildman–Crippen LogP) is 2.81. The lowest BCUT2D eigenvalue weighted by atomic mass is 9.74. The number of hydrogen-bond donors (Lipinski definition) is 0. The molecule has 1 aliphatic carbocycles. The van der Waals surface area contributed by atoms with Crippen LogP contribution in [0.4, 0.5) is 0 Å². The third-order valence-electron chi connectivity index (χ3n) is 3.66. The molecule has 2 atom stereocenters. The Morgan fingerprint density at radius 3 is 2.42 bits per heavy atom. The Morgan fingerprint density at radius 2 is 2.08 bits per heavy atom. The predicted molar refractivity (Wildman–Crippen MR) is 50.9 cm³/mol. The van der Waals surface area contributed by atoms with Gasteiger partial charge in [-0.25, -0.2) is 0 Å². The monoisotopic (exact) mass is 166 g/mol. The Bertz CT molecular complexity index is 203. The van der Waals surface area contributed by atoms with E-state index >= 15 is 0 Å². The molecule has 0 aliphatic heterocycles. The van der Waals surface area contributed by atoms with Crippen molar-refractivity contribution in [3.05, 3.63) is 12.2 Å². The van der Waals surface area contributed by atoms with Gasteiger partial charge in [0.1, 0.15) is 6.29 Å². The molecule has 0 aromatic rings. The summed E-state index contributed by atoms with van der Waals surface area (Å²) in [5.74, 6) is 1.11. The summed E-state index contributed by atoms with van der Waals surface area (Å²) in [7, 11) is 0. The standard InChI is InChI=1S/C11H18O/c1-8(7-12)10-6-5-9(2)11(10,3)4/h7,9-10H,1,5-6H2,2-4H3. The molecule has 0 bridgehead atoms. The van der Waals surface area contributed by atoms with E-state index in [1.54, 1.807) is 0 Å². The topological polar surface area (TPSA) is 17.1 Å². The summed E-state index contributed by atoms with van der Waals surface area (Å²) in [6.45, 7) is 10.6. The highest BCUT2D eigenvalue weighted by molar-refractivity contribution is 5.73.